The minimum absolute atomic E-state index is 0.0879. The van der Waals surface area contributed by atoms with Crippen LogP contribution in [0.1, 0.15) is 37.6 Å². The Labute approximate surface area is 204 Å². The van der Waals surface area contributed by atoms with Gasteiger partial charge in [-0.2, -0.15) is 5.10 Å². The maximum absolute atomic E-state index is 12.5. The summed E-state index contributed by atoms with van der Waals surface area (Å²) in [5.41, 5.74) is 3.16. The van der Waals surface area contributed by atoms with E-state index < -0.39 is 9.84 Å². The highest BCUT2D eigenvalue weighted by Gasteiger charge is 2.18. The molecule has 0 spiro atoms. The van der Waals surface area contributed by atoms with Crippen molar-refractivity contribution in [3.8, 4) is 11.5 Å². The Morgan fingerprint density at radius 2 is 1.83 bits per heavy atom. The van der Waals surface area contributed by atoms with Crippen molar-refractivity contribution in [3.63, 3.8) is 0 Å². The van der Waals surface area contributed by atoms with Crippen molar-refractivity contribution in [1.82, 2.24) is 15.2 Å². The zero-order valence-corrected chi connectivity index (χ0v) is 21.2. The van der Waals surface area contributed by atoms with Gasteiger partial charge in [-0.05, 0) is 48.4 Å². The molecule has 0 radical (unpaired) electrons. The highest BCUT2D eigenvalue weighted by atomic mass is 32.2. The molecular weight excluding hydrogens is 464 g/mol. The van der Waals surface area contributed by atoms with Gasteiger partial charge in [0.25, 0.3) is 0 Å². The number of sulfone groups is 1. The summed E-state index contributed by atoms with van der Waals surface area (Å²) in [6, 6.07) is 13.8. The number of ether oxygens (including phenoxy) is 1. The number of benzene rings is 2. The Morgan fingerprint density at radius 1 is 1.06 bits per heavy atom. The highest BCUT2D eigenvalue weighted by molar-refractivity contribution is 7.90. The van der Waals surface area contributed by atoms with E-state index in [1.165, 1.54) is 12.3 Å². The molecule has 0 aliphatic rings. The number of rotatable bonds is 6. The molecule has 0 saturated carbocycles. The lowest BCUT2D eigenvalue weighted by molar-refractivity contribution is -0.115. The van der Waals surface area contributed by atoms with E-state index in [4.69, 9.17) is 4.74 Å². The number of nitrogens with zero attached hydrogens (tertiary/aromatic N) is 2. The molecule has 182 valence electrons. The predicted molar refractivity (Wildman–Crippen MR) is 136 cm³/mol. The first-order valence-corrected chi connectivity index (χ1v) is 13.0. The van der Waals surface area contributed by atoms with Crippen LogP contribution in [0.25, 0.3) is 10.9 Å². The molecule has 0 fully saturated rings. The fraction of sp³-hybridized carbons (Fsp3) is 0.269. The maximum atomic E-state index is 12.5. The van der Waals surface area contributed by atoms with Gasteiger partial charge in [0.1, 0.15) is 11.5 Å². The second-order valence-corrected chi connectivity index (χ2v) is 11.6. The third kappa shape index (κ3) is 5.68. The van der Waals surface area contributed by atoms with Gasteiger partial charge in [0.15, 0.2) is 15.7 Å². The molecule has 4 rings (SSSR count). The van der Waals surface area contributed by atoms with Crippen molar-refractivity contribution in [2.45, 2.75) is 44.4 Å². The third-order valence-electron chi connectivity index (χ3n) is 5.58. The van der Waals surface area contributed by atoms with Crippen LogP contribution in [0.5, 0.6) is 11.5 Å². The molecule has 1 amide bonds. The van der Waals surface area contributed by atoms with E-state index in [-0.39, 0.29) is 22.6 Å². The average molecular weight is 493 g/mol. The van der Waals surface area contributed by atoms with Gasteiger partial charge in [-0.1, -0.05) is 32.9 Å². The summed E-state index contributed by atoms with van der Waals surface area (Å²) in [5.74, 6) is 1.43. The minimum atomic E-state index is -3.37. The first-order chi connectivity index (χ1) is 16.4. The van der Waals surface area contributed by atoms with Crippen LogP contribution in [0.2, 0.25) is 0 Å². The fourth-order valence-corrected chi connectivity index (χ4v) is 4.26. The summed E-state index contributed by atoms with van der Waals surface area (Å²) in [5, 5.41) is 10.6. The van der Waals surface area contributed by atoms with Crippen molar-refractivity contribution < 1.29 is 17.9 Å². The number of carbonyl (C=O) groups is 1. The molecular formula is C26H28N4O4S. The van der Waals surface area contributed by atoms with Crippen LogP contribution in [0.15, 0.2) is 59.6 Å². The van der Waals surface area contributed by atoms with Gasteiger partial charge in [-0.15, -0.1) is 0 Å². The molecule has 2 N–H and O–H groups in total. The van der Waals surface area contributed by atoms with Crippen molar-refractivity contribution in [1.29, 1.82) is 0 Å². The number of H-pyrrole nitrogens is 1. The highest BCUT2D eigenvalue weighted by Crippen LogP contribution is 2.32. The maximum Gasteiger partial charge on any atom is 0.229 e. The first-order valence-electron chi connectivity index (χ1n) is 11.1. The molecule has 0 bridgehead atoms. The summed E-state index contributed by atoms with van der Waals surface area (Å²) in [6.07, 6.45) is 2.97. The molecule has 4 aromatic rings. The molecule has 9 heteroatoms. The smallest absolute Gasteiger partial charge is 0.229 e. The van der Waals surface area contributed by atoms with Crippen LogP contribution in [0, 0.1) is 6.92 Å². The lowest BCUT2D eigenvalue weighted by Gasteiger charge is -2.14. The van der Waals surface area contributed by atoms with Crippen LogP contribution in [0.3, 0.4) is 0 Å². The van der Waals surface area contributed by atoms with Crippen LogP contribution in [0.4, 0.5) is 5.82 Å². The Kier molecular flexibility index (Phi) is 6.38. The van der Waals surface area contributed by atoms with Gasteiger partial charge < -0.3 is 10.1 Å². The summed E-state index contributed by atoms with van der Waals surface area (Å²) >= 11 is 0. The van der Waals surface area contributed by atoms with Crippen molar-refractivity contribution in [2.24, 2.45) is 0 Å². The Hall–Kier alpha value is -3.72. The summed E-state index contributed by atoms with van der Waals surface area (Å²) in [6.45, 7) is 8.10. The lowest BCUT2D eigenvalue weighted by Crippen LogP contribution is -2.15. The number of pyridine rings is 1. The molecule has 0 aliphatic carbocycles. The molecule has 2 aromatic carbocycles. The number of carbonyl (C=O) groups excluding carboxylic acids is 1. The number of aromatic nitrogens is 3. The average Bonchev–Trinajstić information content (AvgIpc) is 3.24. The molecule has 2 aromatic heterocycles. The van der Waals surface area contributed by atoms with Gasteiger partial charge in [-0.25, -0.2) is 8.42 Å². The number of anilines is 1. The molecule has 0 unspecified atom stereocenters. The molecule has 2 heterocycles. The Bertz CT molecular complexity index is 1520. The normalized spacial score (nSPS) is 12.0. The lowest BCUT2D eigenvalue weighted by atomic mass is 9.92. The van der Waals surface area contributed by atoms with Crippen molar-refractivity contribution >= 4 is 32.5 Å². The fourth-order valence-electron chi connectivity index (χ4n) is 3.62. The van der Waals surface area contributed by atoms with E-state index in [9.17, 15) is 13.2 Å². The van der Waals surface area contributed by atoms with Gasteiger partial charge in [0, 0.05) is 35.0 Å². The van der Waals surface area contributed by atoms with Crippen molar-refractivity contribution in [2.75, 3.05) is 11.6 Å². The summed E-state index contributed by atoms with van der Waals surface area (Å²) in [4.78, 5) is 17.0. The monoisotopic (exact) mass is 492 g/mol. The molecule has 8 nitrogen and oxygen atoms in total. The summed E-state index contributed by atoms with van der Waals surface area (Å²) < 4.78 is 30.1. The van der Waals surface area contributed by atoms with Gasteiger partial charge in [-0.3, -0.25) is 14.9 Å². The molecule has 35 heavy (non-hydrogen) atoms. The number of fused-ring (bicyclic) bond motifs is 1. The van der Waals surface area contributed by atoms with Crippen LogP contribution >= 0.6 is 0 Å². The van der Waals surface area contributed by atoms with E-state index in [0.717, 1.165) is 16.8 Å². The van der Waals surface area contributed by atoms with Crippen LogP contribution in [-0.2, 0) is 26.5 Å². The van der Waals surface area contributed by atoms with Gasteiger partial charge in [0.2, 0.25) is 5.91 Å². The van der Waals surface area contributed by atoms with Gasteiger partial charge in [0.05, 0.1) is 16.8 Å². The van der Waals surface area contributed by atoms with Crippen LogP contribution < -0.4 is 10.1 Å². The standard InChI is InChI=1S/C26H28N4O4S/c1-16-12-17(13-25(31)28-24-15-23(29-30-24)26(2,3)4)6-9-21(16)34-22-10-11-27-20-8-7-18(14-19(20)22)35(5,32)33/h6-12,14-15H,13H2,1-5H3,(H2,28,29,30,31). The molecule has 0 aliphatic heterocycles. The Morgan fingerprint density at radius 3 is 2.49 bits per heavy atom. The third-order valence-corrected chi connectivity index (χ3v) is 6.69. The quantitative estimate of drug-likeness (QED) is 0.394. The first kappa shape index (κ1) is 24.4. The second-order valence-electron chi connectivity index (χ2n) is 9.60. The van der Waals surface area contributed by atoms with E-state index in [0.29, 0.717) is 28.2 Å². The predicted octanol–water partition coefficient (Wildman–Crippen LogP) is 4.94. The Balaban J connectivity index is 1.50. The summed E-state index contributed by atoms with van der Waals surface area (Å²) in [7, 11) is -3.37. The number of hydrogen-bond acceptors (Lipinski definition) is 6. The topological polar surface area (TPSA) is 114 Å². The zero-order valence-electron chi connectivity index (χ0n) is 20.3. The minimum Gasteiger partial charge on any atom is -0.456 e. The number of aryl methyl sites for hydroxylation is 1. The molecule has 0 saturated heterocycles. The van der Waals surface area contributed by atoms with E-state index >= 15 is 0 Å². The second kappa shape index (κ2) is 9.14. The SMILES string of the molecule is Cc1cc(CC(=O)Nc2cc(C(C)(C)C)[nH]n2)ccc1Oc1ccnc2ccc(S(C)(=O)=O)cc12. The largest absolute Gasteiger partial charge is 0.456 e. The van der Waals surface area contributed by atoms with Crippen LogP contribution in [-0.4, -0.2) is 35.8 Å². The number of amides is 1. The number of hydrogen-bond donors (Lipinski definition) is 2. The number of aromatic amines is 1. The van der Waals surface area contributed by atoms with E-state index in [2.05, 4.69) is 41.3 Å². The van der Waals surface area contributed by atoms with E-state index in [1.807, 2.05) is 25.1 Å². The van der Waals surface area contributed by atoms with E-state index in [1.54, 1.807) is 30.5 Å². The molecule has 0 atom stereocenters. The van der Waals surface area contributed by atoms with Gasteiger partial charge >= 0.3 is 0 Å². The van der Waals surface area contributed by atoms with Crippen molar-refractivity contribution in [3.05, 3.63) is 71.5 Å². The number of nitrogens with one attached hydrogen (secondary N) is 2. The zero-order chi connectivity index (χ0) is 25.4.